The number of rotatable bonds is 3. The number of aliphatic hydroxyl groups excluding tert-OH is 3. The van der Waals surface area contributed by atoms with Crippen LogP contribution in [0.3, 0.4) is 0 Å². The Morgan fingerprint density at radius 1 is 1.33 bits per heavy atom. The summed E-state index contributed by atoms with van der Waals surface area (Å²) in [6.07, 6.45) is -0.485. The predicted molar refractivity (Wildman–Crippen MR) is 38.9 cm³/mol. The van der Waals surface area contributed by atoms with Gasteiger partial charge < -0.3 is 20.7 Å². The van der Waals surface area contributed by atoms with Crippen LogP contribution < -0.4 is 5.40 Å². The van der Waals surface area contributed by atoms with E-state index in [0.29, 0.717) is 0 Å². The summed E-state index contributed by atoms with van der Waals surface area (Å²) in [7, 11) is 0.806. The molecule has 0 aromatic carbocycles. The average molecular weight is 153 g/mol. The molecule has 1 atom stereocenters. The highest BCUT2D eigenvalue weighted by molar-refractivity contribution is 6.02. The smallest absolute Gasteiger partial charge is 0.0792 e. The molecule has 0 aliphatic rings. The first-order chi connectivity index (χ1) is 4.31. The summed E-state index contributed by atoms with van der Waals surface area (Å²) in [5.74, 6) is 0. The third kappa shape index (κ3) is 11.6. The average Bonchev–Trinajstić information content (AvgIpc) is 1.93. The Labute approximate surface area is 57.8 Å². The van der Waals surface area contributed by atoms with Crippen molar-refractivity contribution in [3.63, 3.8) is 0 Å². The third-order valence-electron chi connectivity index (χ3n) is 0.673. The summed E-state index contributed by atoms with van der Waals surface area (Å²) in [4.78, 5) is 0. The van der Waals surface area contributed by atoms with Crippen LogP contribution in [0, 0.1) is 0 Å². The number of nitrogens with two attached hydrogens (primary N) is 1. The first-order valence-electron chi connectivity index (χ1n) is 2.78. The molecule has 0 saturated carbocycles. The van der Waals surface area contributed by atoms with Crippen LogP contribution in [-0.2, 0) is 0 Å². The Balaban J connectivity index is 0. The Bertz CT molecular complexity index is 46.8. The number of aliphatic hydroxyl groups is 3. The van der Waals surface area contributed by atoms with Crippen LogP contribution in [0.25, 0.3) is 0 Å². The van der Waals surface area contributed by atoms with Crippen molar-refractivity contribution in [2.75, 3.05) is 13.2 Å². The third-order valence-corrected chi connectivity index (χ3v) is 0.673. The van der Waals surface area contributed by atoms with E-state index in [4.69, 9.17) is 15.3 Å². The van der Waals surface area contributed by atoms with Crippen molar-refractivity contribution in [2.24, 2.45) is 5.40 Å². The summed E-state index contributed by atoms with van der Waals surface area (Å²) in [6, 6.07) is 0. The molecule has 9 heavy (non-hydrogen) atoms. The number of hydrogen-bond donors (Lipinski definition) is 4. The van der Waals surface area contributed by atoms with Crippen LogP contribution >= 0.6 is 0 Å². The van der Waals surface area contributed by atoms with Gasteiger partial charge in [0.25, 0.3) is 0 Å². The zero-order valence-electron chi connectivity index (χ0n) is 5.62. The van der Waals surface area contributed by atoms with Gasteiger partial charge in [-0.1, -0.05) is 0 Å². The Morgan fingerprint density at radius 2 is 1.78 bits per heavy atom. The van der Waals surface area contributed by atoms with E-state index >= 15 is 0 Å². The minimum absolute atomic E-state index is 0.0677. The molecule has 58 valence electrons. The van der Waals surface area contributed by atoms with E-state index in [9.17, 15) is 0 Å². The summed E-state index contributed by atoms with van der Waals surface area (Å²) in [6.45, 7) is -0.331. The molecule has 0 heterocycles. The standard InChI is InChI=1S/C4H10O3.H5NSi/c5-2-1-4(7)3-6;1-2/h4-7H,1-3H2;1H2,2H3. The zero-order chi connectivity index (χ0) is 7.70. The molecule has 0 aliphatic heterocycles. The van der Waals surface area contributed by atoms with E-state index in [2.05, 4.69) is 5.40 Å². The van der Waals surface area contributed by atoms with E-state index in [0.717, 1.165) is 10.4 Å². The van der Waals surface area contributed by atoms with Crippen molar-refractivity contribution < 1.29 is 15.3 Å². The molecule has 5 heteroatoms. The van der Waals surface area contributed by atoms with E-state index in [1.54, 1.807) is 0 Å². The molecule has 0 amide bonds. The molecule has 0 bridgehead atoms. The fourth-order valence-corrected chi connectivity index (χ4v) is 0.240. The molecular formula is C4H15NO3Si. The monoisotopic (exact) mass is 153 g/mol. The van der Waals surface area contributed by atoms with Crippen LogP contribution in [0.1, 0.15) is 6.42 Å². The van der Waals surface area contributed by atoms with Crippen LogP contribution in [0.5, 0.6) is 0 Å². The second kappa shape index (κ2) is 10.9. The molecule has 0 fully saturated rings. The summed E-state index contributed by atoms with van der Waals surface area (Å²) in [5.41, 5.74) is 0. The molecule has 1 unspecified atom stereocenters. The predicted octanol–water partition coefficient (Wildman–Crippen LogP) is -3.05. The second-order valence-corrected chi connectivity index (χ2v) is 1.35. The fourth-order valence-electron chi connectivity index (χ4n) is 0.240. The molecule has 0 aliphatic carbocycles. The molecule has 0 spiro atoms. The van der Waals surface area contributed by atoms with Gasteiger partial charge in [0, 0.05) is 6.61 Å². The highest BCUT2D eigenvalue weighted by atomic mass is 28.2. The van der Waals surface area contributed by atoms with Gasteiger partial charge in [-0.2, -0.15) is 0 Å². The van der Waals surface area contributed by atoms with Crippen molar-refractivity contribution >= 4 is 10.4 Å². The fraction of sp³-hybridized carbons (Fsp3) is 1.00. The van der Waals surface area contributed by atoms with Gasteiger partial charge >= 0.3 is 0 Å². The lowest BCUT2D eigenvalue weighted by atomic mass is 10.3. The summed E-state index contributed by atoms with van der Waals surface area (Å²) < 4.78 is 0. The van der Waals surface area contributed by atoms with E-state index in [1.807, 2.05) is 0 Å². The van der Waals surface area contributed by atoms with Gasteiger partial charge in [-0.15, -0.1) is 0 Å². The second-order valence-electron chi connectivity index (χ2n) is 1.35. The highest BCUT2D eigenvalue weighted by Crippen LogP contribution is 1.84. The quantitative estimate of drug-likeness (QED) is 0.324. The lowest BCUT2D eigenvalue weighted by Gasteiger charge is -2.00. The van der Waals surface area contributed by atoms with Gasteiger partial charge in [-0.05, 0) is 6.42 Å². The molecule has 0 saturated heterocycles. The highest BCUT2D eigenvalue weighted by Gasteiger charge is 1.96. The topological polar surface area (TPSA) is 86.7 Å². The molecule has 0 aromatic rings. The Kier molecular flexibility index (Phi) is 14.3. The number of hydrogen-bond acceptors (Lipinski definition) is 4. The first kappa shape index (κ1) is 11.8. The van der Waals surface area contributed by atoms with Gasteiger partial charge in [-0.3, -0.25) is 0 Å². The van der Waals surface area contributed by atoms with Crippen molar-refractivity contribution in [3.05, 3.63) is 0 Å². The minimum Gasteiger partial charge on any atom is -0.396 e. The lowest BCUT2D eigenvalue weighted by Crippen LogP contribution is -2.12. The maximum Gasteiger partial charge on any atom is 0.0792 e. The summed E-state index contributed by atoms with van der Waals surface area (Å²) >= 11 is 0. The van der Waals surface area contributed by atoms with Crippen LogP contribution in [0.2, 0.25) is 0 Å². The maximum absolute atomic E-state index is 8.45. The van der Waals surface area contributed by atoms with E-state index in [1.165, 1.54) is 0 Å². The van der Waals surface area contributed by atoms with E-state index in [-0.39, 0.29) is 19.6 Å². The maximum atomic E-state index is 8.45. The molecule has 0 aromatic heterocycles. The van der Waals surface area contributed by atoms with Crippen molar-refractivity contribution in [1.29, 1.82) is 0 Å². The van der Waals surface area contributed by atoms with Crippen LogP contribution in [0.15, 0.2) is 0 Å². The van der Waals surface area contributed by atoms with Gasteiger partial charge in [0.05, 0.1) is 23.1 Å². The first-order valence-corrected chi connectivity index (χ1v) is 3.94. The normalized spacial score (nSPS) is 12.0. The SMILES string of the molecule is N[SiH3].OCCC(O)CO. The van der Waals surface area contributed by atoms with Crippen LogP contribution in [-0.4, -0.2) is 45.0 Å². The zero-order valence-corrected chi connectivity index (χ0v) is 7.62. The Hall–Kier alpha value is 0.0569. The van der Waals surface area contributed by atoms with Crippen molar-refractivity contribution in [3.8, 4) is 0 Å². The van der Waals surface area contributed by atoms with Gasteiger partial charge in [0.1, 0.15) is 0 Å². The van der Waals surface area contributed by atoms with Crippen molar-refractivity contribution in [1.82, 2.24) is 0 Å². The van der Waals surface area contributed by atoms with Crippen LogP contribution in [0.4, 0.5) is 0 Å². The molecule has 0 radical (unpaired) electrons. The molecule has 5 N–H and O–H groups in total. The largest absolute Gasteiger partial charge is 0.396 e. The molecular weight excluding hydrogens is 138 g/mol. The molecule has 0 rings (SSSR count). The molecule has 4 nitrogen and oxygen atoms in total. The summed E-state index contributed by atoms with van der Waals surface area (Å²) in [5, 5.41) is 29.3. The van der Waals surface area contributed by atoms with Gasteiger partial charge in [0.15, 0.2) is 0 Å². The van der Waals surface area contributed by atoms with Gasteiger partial charge in [0.2, 0.25) is 0 Å². The Morgan fingerprint density at radius 3 is 1.89 bits per heavy atom. The van der Waals surface area contributed by atoms with E-state index < -0.39 is 6.10 Å². The van der Waals surface area contributed by atoms with Crippen molar-refractivity contribution in [2.45, 2.75) is 12.5 Å². The minimum atomic E-state index is -0.745. The lowest BCUT2D eigenvalue weighted by molar-refractivity contribution is 0.0721. The van der Waals surface area contributed by atoms with Gasteiger partial charge in [-0.25, -0.2) is 0 Å².